The highest BCUT2D eigenvalue weighted by atomic mass is 79.9. The van der Waals surface area contributed by atoms with Crippen molar-refractivity contribution in [3.63, 3.8) is 0 Å². The lowest BCUT2D eigenvalue weighted by molar-refractivity contribution is -0.139. The number of nitrogens with two attached hydrogens (primary N) is 1. The van der Waals surface area contributed by atoms with E-state index in [1.54, 1.807) is 53.4 Å². The maximum absolute atomic E-state index is 13.7. The van der Waals surface area contributed by atoms with Gasteiger partial charge in [0.25, 0.3) is 0 Å². The van der Waals surface area contributed by atoms with Crippen molar-refractivity contribution in [3.05, 3.63) is 204 Å². The molecule has 0 atom stereocenters. The molecule has 4 heterocycles. The monoisotopic (exact) mass is 1290 g/mol. The Hall–Kier alpha value is -8.42. The number of nitrogens with zero attached hydrogens (tertiary/aromatic N) is 6. The number of unbranched alkanes of at least 4 members (excludes halogenated alkanes) is 3. The number of aromatic nitrogens is 4. The average Bonchev–Trinajstić information content (AvgIpc) is 1.63. The van der Waals surface area contributed by atoms with Crippen molar-refractivity contribution in [3.8, 4) is 22.5 Å². The van der Waals surface area contributed by atoms with Gasteiger partial charge in [-0.15, -0.1) is 0 Å². The van der Waals surface area contributed by atoms with Crippen LogP contribution < -0.4 is 21.7 Å². The van der Waals surface area contributed by atoms with Crippen LogP contribution in [0.25, 0.3) is 22.5 Å². The predicted octanol–water partition coefficient (Wildman–Crippen LogP) is 15.0. The van der Waals surface area contributed by atoms with Gasteiger partial charge in [0.2, 0.25) is 17.7 Å². The Bertz CT molecular complexity index is 3600. The summed E-state index contributed by atoms with van der Waals surface area (Å²) >= 11 is 3.26. The second kappa shape index (κ2) is 32.9. The van der Waals surface area contributed by atoms with Crippen LogP contribution in [-0.4, -0.2) is 83.9 Å². The summed E-state index contributed by atoms with van der Waals surface area (Å²) in [6.45, 7) is 11.3. The number of aryl methyl sites for hydroxylation is 2. The van der Waals surface area contributed by atoms with E-state index in [4.69, 9.17) is 15.7 Å². The molecule has 19 heteroatoms. The van der Waals surface area contributed by atoms with Crippen LogP contribution in [0.15, 0.2) is 158 Å². The second-order valence-electron chi connectivity index (χ2n) is 23.1. The maximum Gasteiger partial charge on any atom is 0.234 e. The number of alkyl halides is 1. The van der Waals surface area contributed by atoms with E-state index in [2.05, 4.69) is 48.6 Å². The highest BCUT2D eigenvalue weighted by molar-refractivity contribution is 9.09. The molecule has 0 fully saturated rings. The number of halogens is 5. The van der Waals surface area contributed by atoms with Crippen LogP contribution in [0.2, 0.25) is 0 Å². The highest BCUT2D eigenvalue weighted by Crippen LogP contribution is 2.42. The van der Waals surface area contributed by atoms with Gasteiger partial charge in [-0.05, 0) is 181 Å². The summed E-state index contributed by atoms with van der Waals surface area (Å²) in [5.41, 5.74) is 10.6. The topological polar surface area (TPSA) is 173 Å². The first kappa shape index (κ1) is 69.1. The SMILES string of the molecule is C.CC1(C)c2nc(-c3ccc(F)cc3)c(Nc3ccc(F)cc3)n2CCN1C(=O)CBr.CC1(C)c2nc(-c3ccc(F)cc3)c(Nc3ccc(F)cc3)n2CCN1C(=O)CCCCCNC(=O)CCc1ccccc1.NCCCCC(=O)CCc1ccccc1. The number of hydrogen-bond acceptors (Lipinski definition) is 9. The number of amides is 3. The van der Waals surface area contributed by atoms with Crippen LogP contribution >= 0.6 is 15.9 Å². The van der Waals surface area contributed by atoms with Crippen molar-refractivity contribution in [2.75, 3.05) is 42.1 Å². The molecule has 6 aromatic carbocycles. The summed E-state index contributed by atoms with van der Waals surface area (Å²) in [7, 11) is 0. The van der Waals surface area contributed by atoms with Crippen molar-refractivity contribution < 1.29 is 36.7 Å². The Kier molecular flexibility index (Phi) is 25.2. The molecule has 0 spiro atoms. The predicted molar refractivity (Wildman–Crippen MR) is 354 cm³/mol. The highest BCUT2D eigenvalue weighted by Gasteiger charge is 2.43. The minimum Gasteiger partial charge on any atom is -0.356 e. The van der Waals surface area contributed by atoms with Gasteiger partial charge in [-0.3, -0.25) is 19.2 Å². The number of carbonyl (C=O) groups is 4. The molecule has 0 bridgehead atoms. The van der Waals surface area contributed by atoms with Crippen LogP contribution in [0.3, 0.4) is 0 Å². The summed E-state index contributed by atoms with van der Waals surface area (Å²) in [6, 6.07) is 44.5. The Morgan fingerprint density at radius 2 is 0.911 bits per heavy atom. The zero-order valence-electron chi connectivity index (χ0n) is 51.0. The van der Waals surface area contributed by atoms with Gasteiger partial charge in [0, 0.05) is 80.9 Å². The first-order chi connectivity index (χ1) is 42.9. The average molecular weight is 1300 g/mol. The van der Waals surface area contributed by atoms with E-state index < -0.39 is 11.1 Å². The number of Topliss-reactive ketones (excluding diaryl/α,β-unsaturated/α-hetero) is 1. The zero-order valence-corrected chi connectivity index (χ0v) is 52.6. The van der Waals surface area contributed by atoms with E-state index >= 15 is 0 Å². The second-order valence-corrected chi connectivity index (χ2v) is 23.7. The minimum absolute atomic E-state index is 0. The third kappa shape index (κ3) is 18.4. The quantitative estimate of drug-likeness (QED) is 0.0276. The molecule has 0 aliphatic carbocycles. The molecule has 0 unspecified atom stereocenters. The van der Waals surface area contributed by atoms with Gasteiger partial charge < -0.3 is 40.6 Å². The number of imidazole rings is 2. The number of anilines is 4. The van der Waals surface area contributed by atoms with Gasteiger partial charge >= 0.3 is 0 Å². The molecule has 0 radical (unpaired) electrons. The number of ketones is 1. The lowest BCUT2D eigenvalue weighted by Crippen LogP contribution is -2.52. The number of hydrogen-bond donors (Lipinski definition) is 4. The van der Waals surface area contributed by atoms with Gasteiger partial charge in [-0.1, -0.05) is 90.4 Å². The van der Waals surface area contributed by atoms with Crippen LogP contribution in [0, 0.1) is 23.3 Å². The summed E-state index contributed by atoms with van der Waals surface area (Å²) in [5.74, 6) is 2.02. The van der Waals surface area contributed by atoms with Gasteiger partial charge in [-0.25, -0.2) is 27.5 Å². The fourth-order valence-electron chi connectivity index (χ4n) is 11.1. The molecule has 0 saturated carbocycles. The fourth-order valence-corrected chi connectivity index (χ4v) is 11.4. The Balaban J connectivity index is 0.000000215. The van der Waals surface area contributed by atoms with Crippen molar-refractivity contribution in [1.82, 2.24) is 34.2 Å². The molecule has 5 N–H and O–H groups in total. The third-order valence-electron chi connectivity index (χ3n) is 16.0. The largest absolute Gasteiger partial charge is 0.356 e. The molecule has 14 nitrogen and oxygen atoms in total. The Morgan fingerprint density at radius 1 is 0.500 bits per heavy atom. The molecule has 476 valence electrons. The van der Waals surface area contributed by atoms with Gasteiger partial charge in [0.15, 0.2) is 0 Å². The summed E-state index contributed by atoms with van der Waals surface area (Å²) in [6.07, 6.45) is 8.09. The number of rotatable bonds is 23. The Morgan fingerprint density at radius 3 is 1.34 bits per heavy atom. The molecule has 90 heavy (non-hydrogen) atoms. The van der Waals surface area contributed by atoms with Crippen molar-refractivity contribution >= 4 is 62.4 Å². The first-order valence-corrected chi connectivity index (χ1v) is 31.5. The van der Waals surface area contributed by atoms with E-state index in [0.717, 1.165) is 79.1 Å². The van der Waals surface area contributed by atoms with Crippen LogP contribution in [-0.2, 0) is 56.2 Å². The number of fused-ring (bicyclic) bond motifs is 2. The van der Waals surface area contributed by atoms with Crippen LogP contribution in [0.1, 0.15) is 116 Å². The van der Waals surface area contributed by atoms with Gasteiger partial charge in [0.05, 0.1) is 16.4 Å². The fraction of sp³-hybridized carbons (Fsp3) is 0.352. The van der Waals surface area contributed by atoms with E-state index in [1.807, 2.05) is 85.7 Å². The maximum atomic E-state index is 13.7. The first-order valence-electron chi connectivity index (χ1n) is 30.4. The van der Waals surface area contributed by atoms with E-state index in [9.17, 15) is 36.7 Å². The lowest BCUT2D eigenvalue weighted by atomic mass is 9.98. The molecule has 2 aliphatic heterocycles. The van der Waals surface area contributed by atoms with Crippen molar-refractivity contribution in [2.45, 2.75) is 130 Å². The molecule has 3 amide bonds. The number of benzene rings is 6. The third-order valence-corrected chi connectivity index (χ3v) is 16.4. The zero-order chi connectivity index (χ0) is 63.5. The summed E-state index contributed by atoms with van der Waals surface area (Å²) in [5, 5.41) is 9.95. The normalized spacial score (nSPS) is 13.4. The van der Waals surface area contributed by atoms with Crippen LogP contribution in [0.5, 0.6) is 0 Å². The van der Waals surface area contributed by atoms with Crippen molar-refractivity contribution in [2.24, 2.45) is 5.73 Å². The van der Waals surface area contributed by atoms with Crippen molar-refractivity contribution in [1.29, 1.82) is 0 Å². The molecule has 2 aromatic heterocycles. The van der Waals surface area contributed by atoms with Crippen LogP contribution in [0.4, 0.5) is 40.6 Å². The van der Waals surface area contributed by atoms with E-state index in [-0.39, 0.29) is 53.7 Å². The summed E-state index contributed by atoms with van der Waals surface area (Å²) in [4.78, 5) is 63.1. The minimum atomic E-state index is -0.695. The Labute approximate surface area is 534 Å². The molecule has 2 aliphatic rings. The standard InChI is InChI=1S/C35H39F2N5O2.C22H21BrF2N4O.C13H19NO.CH4/c1-35(2)34-40-32(26-13-15-27(36)16-14-26)33(39-29-19-17-28(37)18-20-29)41(34)23-24-42(35)31(44)11-7-4-8-22-38-30(43)21-12-25-9-5-3-6-10-25;1-22(2)21-27-19(14-3-5-15(24)6-4-14)20(26-17-9-7-16(25)8-10-17)28(21)11-12-29(22)18(30)13-23;14-11-5-4-8-13(15)10-9-12-6-2-1-3-7-12;/h3,5-6,9-10,13-20,39H,4,7-8,11-12,21-24H2,1-2H3,(H,38,43);3-10,26H,11-13H2,1-2H3;1-3,6-7H,4-5,8-11,14H2;1H4. The van der Waals surface area contributed by atoms with E-state index in [1.165, 1.54) is 54.1 Å². The molecular weight excluding hydrogens is 1210 g/mol. The smallest absolute Gasteiger partial charge is 0.234 e. The molecule has 10 rings (SSSR count). The number of carbonyl (C=O) groups excluding carboxylic acids is 4. The van der Waals surface area contributed by atoms with Gasteiger partial charge in [-0.2, -0.15) is 0 Å². The van der Waals surface area contributed by atoms with Gasteiger partial charge in [0.1, 0.15) is 63.7 Å². The molecular formula is C71H83BrF4N10O4. The lowest BCUT2D eigenvalue weighted by Gasteiger charge is -2.42. The molecule has 8 aromatic rings. The number of nitrogens with one attached hydrogen (secondary N) is 3. The van der Waals surface area contributed by atoms with E-state index in [0.29, 0.717) is 99.3 Å². The summed E-state index contributed by atoms with van der Waals surface area (Å²) < 4.78 is 58.3. The molecule has 0 saturated heterocycles.